The van der Waals surface area contributed by atoms with Gasteiger partial charge >= 0.3 is 0 Å². The lowest BCUT2D eigenvalue weighted by atomic mass is 10.2. The Kier molecular flexibility index (Phi) is 5.41. The van der Waals surface area contributed by atoms with Crippen molar-refractivity contribution in [3.05, 3.63) is 33.2 Å². The molecule has 0 saturated heterocycles. The molecular weight excluding hydrogens is 284 g/mol. The molecule has 0 unspecified atom stereocenters. The van der Waals surface area contributed by atoms with Gasteiger partial charge in [-0.05, 0) is 35.3 Å². The number of rotatable bonds is 5. The number of hydrogen-bond acceptors (Lipinski definition) is 2. The molecule has 0 fully saturated rings. The van der Waals surface area contributed by atoms with Gasteiger partial charge in [-0.15, -0.1) is 0 Å². The van der Waals surface area contributed by atoms with E-state index in [-0.39, 0.29) is 24.1 Å². The molecule has 0 spiro atoms. The van der Waals surface area contributed by atoms with Gasteiger partial charge < -0.3 is 9.88 Å². The van der Waals surface area contributed by atoms with Crippen LogP contribution in [0.15, 0.2) is 27.6 Å². The van der Waals surface area contributed by atoms with Crippen molar-refractivity contribution in [2.75, 3.05) is 0 Å². The van der Waals surface area contributed by atoms with E-state index in [1.165, 1.54) is 10.6 Å². The number of hydrogen-bond donors (Lipinski definition) is 1. The summed E-state index contributed by atoms with van der Waals surface area (Å²) >= 11 is 3.27. The molecule has 4 nitrogen and oxygen atoms in total. The Balaban J connectivity index is 2.62. The minimum Gasteiger partial charge on any atom is -0.352 e. The van der Waals surface area contributed by atoms with Gasteiger partial charge in [-0.1, -0.05) is 13.3 Å². The smallest absolute Gasteiger partial charge is 0.251 e. The number of carbonyl (C=O) groups excluding carboxylic acids is 1. The normalized spacial score (nSPS) is 12.2. The molecule has 17 heavy (non-hydrogen) atoms. The van der Waals surface area contributed by atoms with Gasteiger partial charge in [0, 0.05) is 22.8 Å². The number of carbonyl (C=O) groups is 1. The van der Waals surface area contributed by atoms with Crippen molar-refractivity contribution < 1.29 is 4.79 Å². The van der Waals surface area contributed by atoms with Crippen LogP contribution in [0.4, 0.5) is 0 Å². The molecule has 0 bridgehead atoms. The van der Waals surface area contributed by atoms with E-state index in [1.807, 2.05) is 6.92 Å². The highest BCUT2D eigenvalue weighted by atomic mass is 79.9. The largest absolute Gasteiger partial charge is 0.352 e. The Labute approximate surface area is 109 Å². The Hall–Kier alpha value is -1.10. The zero-order valence-electron chi connectivity index (χ0n) is 10.1. The summed E-state index contributed by atoms with van der Waals surface area (Å²) < 4.78 is 2.17. The van der Waals surface area contributed by atoms with Crippen LogP contribution in [0.1, 0.15) is 26.7 Å². The highest BCUT2D eigenvalue weighted by Gasteiger charge is 2.08. The maximum Gasteiger partial charge on any atom is 0.251 e. The van der Waals surface area contributed by atoms with E-state index < -0.39 is 0 Å². The van der Waals surface area contributed by atoms with Crippen LogP contribution >= 0.6 is 15.9 Å². The van der Waals surface area contributed by atoms with Crippen LogP contribution in [0, 0.1) is 0 Å². The van der Waals surface area contributed by atoms with Crippen molar-refractivity contribution >= 4 is 21.8 Å². The highest BCUT2D eigenvalue weighted by molar-refractivity contribution is 9.10. The fourth-order valence-corrected chi connectivity index (χ4v) is 1.99. The third-order valence-corrected chi connectivity index (χ3v) is 2.86. The summed E-state index contributed by atoms with van der Waals surface area (Å²) in [5.74, 6) is -0.133. The fourth-order valence-electron chi connectivity index (χ4n) is 1.61. The summed E-state index contributed by atoms with van der Waals surface area (Å²) in [7, 11) is 0. The highest BCUT2D eigenvalue weighted by Crippen LogP contribution is 2.04. The third-order valence-electron chi connectivity index (χ3n) is 2.39. The summed E-state index contributed by atoms with van der Waals surface area (Å²) in [4.78, 5) is 23.2. The molecule has 94 valence electrons. The molecule has 0 aromatic carbocycles. The zero-order valence-corrected chi connectivity index (χ0v) is 11.7. The standard InChI is InChI=1S/C12H17BrN2O2/c1-3-4-9(2)14-11(16)8-15-7-10(13)5-6-12(15)17/h5-7,9H,3-4,8H2,1-2H3,(H,14,16)/t9-/m1/s1. The van der Waals surface area contributed by atoms with Crippen LogP contribution in [-0.4, -0.2) is 16.5 Å². The molecule has 0 aliphatic carbocycles. The van der Waals surface area contributed by atoms with Gasteiger partial charge in [-0.25, -0.2) is 0 Å². The van der Waals surface area contributed by atoms with Crippen molar-refractivity contribution in [2.24, 2.45) is 0 Å². The maximum atomic E-state index is 11.7. The van der Waals surface area contributed by atoms with Crippen molar-refractivity contribution in [1.29, 1.82) is 0 Å². The van der Waals surface area contributed by atoms with Crippen LogP contribution in [0.5, 0.6) is 0 Å². The minimum absolute atomic E-state index is 0.0618. The molecule has 0 aliphatic heterocycles. The van der Waals surface area contributed by atoms with Crippen LogP contribution in [-0.2, 0) is 11.3 Å². The average Bonchev–Trinajstić information content (AvgIpc) is 2.23. The first-order chi connectivity index (χ1) is 8.02. The average molecular weight is 301 g/mol. The van der Waals surface area contributed by atoms with E-state index in [1.54, 1.807) is 12.3 Å². The lowest BCUT2D eigenvalue weighted by molar-refractivity contribution is -0.122. The Morgan fingerprint density at radius 3 is 2.88 bits per heavy atom. The molecular formula is C12H17BrN2O2. The quantitative estimate of drug-likeness (QED) is 0.903. The number of aromatic nitrogens is 1. The third kappa shape index (κ3) is 4.73. The number of halogens is 1. The Bertz CT molecular complexity index is 442. The Morgan fingerprint density at radius 2 is 2.24 bits per heavy atom. The van der Waals surface area contributed by atoms with Crippen LogP contribution < -0.4 is 10.9 Å². The van der Waals surface area contributed by atoms with Gasteiger partial charge in [0.05, 0.1) is 0 Å². The van der Waals surface area contributed by atoms with E-state index in [0.29, 0.717) is 0 Å². The van der Waals surface area contributed by atoms with Gasteiger partial charge in [0.2, 0.25) is 5.91 Å². The SMILES string of the molecule is CCC[C@@H](C)NC(=O)Cn1cc(Br)ccc1=O. The zero-order chi connectivity index (χ0) is 12.8. The van der Waals surface area contributed by atoms with Crippen molar-refractivity contribution in [2.45, 2.75) is 39.3 Å². The minimum atomic E-state index is -0.175. The topological polar surface area (TPSA) is 51.1 Å². The summed E-state index contributed by atoms with van der Waals surface area (Å²) in [5.41, 5.74) is -0.175. The monoisotopic (exact) mass is 300 g/mol. The van der Waals surface area contributed by atoms with Gasteiger partial charge in [0.15, 0.2) is 0 Å². The van der Waals surface area contributed by atoms with Crippen molar-refractivity contribution in [1.82, 2.24) is 9.88 Å². The van der Waals surface area contributed by atoms with E-state index in [9.17, 15) is 9.59 Å². The lowest BCUT2D eigenvalue weighted by Crippen LogP contribution is -2.37. The number of nitrogens with zero attached hydrogens (tertiary/aromatic N) is 1. The van der Waals surface area contributed by atoms with Gasteiger partial charge in [0.25, 0.3) is 5.56 Å². The number of nitrogens with one attached hydrogen (secondary N) is 1. The summed E-state index contributed by atoms with van der Waals surface area (Å²) in [6.07, 6.45) is 3.59. The molecule has 1 heterocycles. The first-order valence-corrected chi connectivity index (χ1v) is 6.47. The van der Waals surface area contributed by atoms with Crippen molar-refractivity contribution in [3.8, 4) is 0 Å². The fraction of sp³-hybridized carbons (Fsp3) is 0.500. The van der Waals surface area contributed by atoms with Gasteiger partial charge in [0.1, 0.15) is 6.54 Å². The van der Waals surface area contributed by atoms with Crippen LogP contribution in [0.3, 0.4) is 0 Å². The summed E-state index contributed by atoms with van der Waals surface area (Å²) in [5, 5.41) is 2.86. The molecule has 0 saturated carbocycles. The molecule has 0 radical (unpaired) electrons. The number of amides is 1. The molecule has 1 aromatic heterocycles. The summed E-state index contributed by atoms with van der Waals surface area (Å²) in [6.45, 7) is 4.10. The van der Waals surface area contributed by atoms with Gasteiger partial charge in [-0.3, -0.25) is 9.59 Å². The Morgan fingerprint density at radius 1 is 1.53 bits per heavy atom. The second kappa shape index (κ2) is 6.59. The van der Waals surface area contributed by atoms with Gasteiger partial charge in [-0.2, -0.15) is 0 Å². The molecule has 1 amide bonds. The number of pyridine rings is 1. The lowest BCUT2D eigenvalue weighted by Gasteiger charge is -2.13. The second-order valence-corrected chi connectivity index (χ2v) is 4.99. The van der Waals surface area contributed by atoms with E-state index in [2.05, 4.69) is 28.2 Å². The molecule has 1 atom stereocenters. The van der Waals surface area contributed by atoms with Crippen molar-refractivity contribution in [3.63, 3.8) is 0 Å². The predicted octanol–water partition coefficient (Wildman–Crippen LogP) is 1.92. The first kappa shape index (κ1) is 14.0. The van der Waals surface area contributed by atoms with Crippen LogP contribution in [0.25, 0.3) is 0 Å². The second-order valence-electron chi connectivity index (χ2n) is 4.07. The molecule has 1 rings (SSSR count). The van der Waals surface area contributed by atoms with E-state index >= 15 is 0 Å². The van der Waals surface area contributed by atoms with E-state index in [4.69, 9.17) is 0 Å². The molecule has 5 heteroatoms. The molecule has 0 aliphatic rings. The first-order valence-electron chi connectivity index (χ1n) is 5.68. The molecule has 1 N–H and O–H groups in total. The predicted molar refractivity (Wildman–Crippen MR) is 70.9 cm³/mol. The van der Waals surface area contributed by atoms with Crippen LogP contribution in [0.2, 0.25) is 0 Å². The molecule has 1 aromatic rings. The van der Waals surface area contributed by atoms with E-state index in [0.717, 1.165) is 17.3 Å². The maximum absolute atomic E-state index is 11.7. The summed E-state index contributed by atoms with van der Waals surface area (Å²) in [6, 6.07) is 3.25.